The Morgan fingerprint density at radius 1 is 1.43 bits per heavy atom. The van der Waals surface area contributed by atoms with Gasteiger partial charge in [-0.1, -0.05) is 11.6 Å². The minimum atomic E-state index is -3.82. The van der Waals surface area contributed by atoms with Gasteiger partial charge in [0.2, 0.25) is 10.0 Å². The lowest BCUT2D eigenvalue weighted by Gasteiger charge is -2.10. The molecule has 1 aromatic heterocycles. The Kier molecular flexibility index (Phi) is 6.26. The minimum absolute atomic E-state index is 0. The number of hydrogen-bond acceptors (Lipinski definition) is 5. The number of hydrogen-bond donors (Lipinski definition) is 3. The van der Waals surface area contributed by atoms with Crippen LogP contribution in [0.2, 0.25) is 5.02 Å². The second kappa shape index (κ2) is 7.12. The fourth-order valence-corrected chi connectivity index (χ4v) is 4.52. The molecule has 0 aliphatic rings. The fraction of sp³-hybridized carbons (Fsp3) is 0.300. The van der Waals surface area contributed by atoms with Gasteiger partial charge in [0.05, 0.1) is 5.52 Å². The van der Waals surface area contributed by atoms with Crippen LogP contribution in [0.25, 0.3) is 11.1 Å². The number of H-pyrrole nitrogens is 1. The van der Waals surface area contributed by atoms with Gasteiger partial charge in [-0.25, -0.2) is 17.9 Å². The standard InChI is InChI=1S/C10H11BrClN3O4S.ClH/c1-13-2-3-14-20(17,18)9-5(11)4-6-8(7(9)12)19-10(16)15-6;/h4,13-14H,2-3H2,1H3,(H,15,16);1H. The Labute approximate surface area is 140 Å². The molecule has 0 aliphatic carbocycles. The number of aromatic amines is 1. The maximum absolute atomic E-state index is 12.2. The molecule has 7 nitrogen and oxygen atoms in total. The molecule has 1 heterocycles. The molecule has 21 heavy (non-hydrogen) atoms. The van der Waals surface area contributed by atoms with E-state index in [9.17, 15) is 13.2 Å². The number of sulfonamides is 1. The summed E-state index contributed by atoms with van der Waals surface area (Å²) in [4.78, 5) is 13.4. The number of benzene rings is 1. The van der Waals surface area contributed by atoms with Gasteiger partial charge in [0, 0.05) is 17.6 Å². The average Bonchev–Trinajstić information content (AvgIpc) is 2.69. The highest BCUT2D eigenvalue weighted by Gasteiger charge is 2.25. The third-order valence-corrected chi connectivity index (χ3v) is 5.40. The summed E-state index contributed by atoms with van der Waals surface area (Å²) in [6.07, 6.45) is 0. The quantitative estimate of drug-likeness (QED) is 0.635. The highest BCUT2D eigenvalue weighted by atomic mass is 79.9. The Morgan fingerprint density at radius 2 is 2.10 bits per heavy atom. The van der Waals surface area contributed by atoms with Gasteiger partial charge in [-0.3, -0.25) is 4.98 Å². The van der Waals surface area contributed by atoms with Crippen LogP contribution in [0.15, 0.2) is 24.6 Å². The summed E-state index contributed by atoms with van der Waals surface area (Å²) in [7, 11) is -2.11. The average molecular weight is 421 g/mol. The highest BCUT2D eigenvalue weighted by molar-refractivity contribution is 9.10. The van der Waals surface area contributed by atoms with Gasteiger partial charge in [-0.15, -0.1) is 12.4 Å². The molecular weight excluding hydrogens is 409 g/mol. The maximum atomic E-state index is 12.2. The molecule has 1 aromatic carbocycles. The van der Waals surface area contributed by atoms with E-state index in [0.29, 0.717) is 12.1 Å². The SMILES string of the molecule is CNCCNS(=O)(=O)c1c(Br)cc2[nH]c(=O)oc2c1Cl.Cl. The largest absolute Gasteiger partial charge is 0.417 e. The maximum Gasteiger partial charge on any atom is 0.417 e. The van der Waals surface area contributed by atoms with Crippen molar-refractivity contribution in [2.45, 2.75) is 4.90 Å². The van der Waals surface area contributed by atoms with E-state index in [1.807, 2.05) is 0 Å². The van der Waals surface area contributed by atoms with Gasteiger partial charge in [0.15, 0.2) is 5.58 Å². The predicted octanol–water partition coefficient (Wildman–Crippen LogP) is 1.46. The van der Waals surface area contributed by atoms with Crippen LogP contribution in [-0.4, -0.2) is 33.5 Å². The van der Waals surface area contributed by atoms with Crippen molar-refractivity contribution in [3.63, 3.8) is 0 Å². The molecule has 0 bridgehead atoms. The summed E-state index contributed by atoms with van der Waals surface area (Å²) in [5.74, 6) is -0.702. The third-order valence-electron chi connectivity index (χ3n) is 2.50. The first-order valence-electron chi connectivity index (χ1n) is 5.52. The van der Waals surface area contributed by atoms with Crippen LogP contribution in [0.5, 0.6) is 0 Å². The van der Waals surface area contributed by atoms with E-state index in [0.717, 1.165) is 0 Å². The molecule has 0 radical (unpaired) electrons. The van der Waals surface area contributed by atoms with Crippen molar-refractivity contribution in [1.29, 1.82) is 0 Å². The molecule has 0 unspecified atom stereocenters. The van der Waals surface area contributed by atoms with E-state index in [4.69, 9.17) is 16.0 Å². The number of fused-ring (bicyclic) bond motifs is 1. The van der Waals surface area contributed by atoms with Crippen molar-refractivity contribution in [3.05, 3.63) is 26.1 Å². The van der Waals surface area contributed by atoms with Crippen molar-refractivity contribution in [3.8, 4) is 0 Å². The summed E-state index contributed by atoms with van der Waals surface area (Å²) >= 11 is 9.18. The Hall–Kier alpha value is -0.580. The zero-order valence-electron chi connectivity index (χ0n) is 10.7. The third kappa shape index (κ3) is 3.79. The van der Waals surface area contributed by atoms with Crippen molar-refractivity contribution < 1.29 is 12.8 Å². The lowest BCUT2D eigenvalue weighted by Crippen LogP contribution is -2.30. The van der Waals surface area contributed by atoms with Gasteiger partial charge in [0.25, 0.3) is 0 Å². The van der Waals surface area contributed by atoms with E-state index in [1.54, 1.807) is 7.05 Å². The minimum Gasteiger partial charge on any atom is -0.406 e. The molecule has 0 fully saturated rings. The second-order valence-corrected chi connectivity index (χ2v) is 6.83. The van der Waals surface area contributed by atoms with Crippen LogP contribution in [0.1, 0.15) is 0 Å². The van der Waals surface area contributed by atoms with Crippen molar-refractivity contribution >= 4 is 61.1 Å². The van der Waals surface area contributed by atoms with E-state index in [1.165, 1.54) is 6.07 Å². The van der Waals surface area contributed by atoms with Crippen molar-refractivity contribution in [2.24, 2.45) is 0 Å². The summed E-state index contributed by atoms with van der Waals surface area (Å²) in [6.45, 7) is 0.673. The first-order valence-corrected chi connectivity index (χ1v) is 8.17. The smallest absolute Gasteiger partial charge is 0.406 e. The summed E-state index contributed by atoms with van der Waals surface area (Å²) in [5, 5.41) is 2.67. The number of rotatable bonds is 5. The van der Waals surface area contributed by atoms with Gasteiger partial charge in [0.1, 0.15) is 9.92 Å². The predicted molar refractivity (Wildman–Crippen MR) is 85.9 cm³/mol. The van der Waals surface area contributed by atoms with Gasteiger partial charge in [-0.05, 0) is 29.0 Å². The molecule has 0 amide bonds. The van der Waals surface area contributed by atoms with Crippen molar-refractivity contribution in [1.82, 2.24) is 15.0 Å². The van der Waals surface area contributed by atoms with Gasteiger partial charge >= 0.3 is 5.76 Å². The van der Waals surface area contributed by atoms with E-state index < -0.39 is 15.8 Å². The van der Waals surface area contributed by atoms with E-state index in [2.05, 4.69) is 31.0 Å². The van der Waals surface area contributed by atoms with Gasteiger partial charge < -0.3 is 9.73 Å². The first kappa shape index (κ1) is 18.5. The number of nitrogens with one attached hydrogen (secondary N) is 3. The first-order chi connectivity index (χ1) is 9.36. The van der Waals surface area contributed by atoms with Crippen LogP contribution in [0.4, 0.5) is 0 Å². The molecule has 11 heteroatoms. The normalized spacial score (nSPS) is 11.6. The fourth-order valence-electron chi connectivity index (χ4n) is 1.63. The van der Waals surface area contributed by atoms with E-state index >= 15 is 0 Å². The van der Waals surface area contributed by atoms with Crippen molar-refractivity contribution in [2.75, 3.05) is 20.1 Å². The number of oxazole rings is 1. The summed E-state index contributed by atoms with van der Waals surface area (Å²) in [6, 6.07) is 1.43. The van der Waals surface area contributed by atoms with E-state index in [-0.39, 0.29) is 38.9 Å². The lowest BCUT2D eigenvalue weighted by molar-refractivity contribution is 0.553. The van der Waals surface area contributed by atoms with Crippen LogP contribution >= 0.6 is 39.9 Å². The lowest BCUT2D eigenvalue weighted by atomic mass is 10.3. The van der Waals surface area contributed by atoms with Gasteiger partial charge in [-0.2, -0.15) is 0 Å². The molecular formula is C10H12BrCl2N3O4S. The number of halogens is 3. The molecule has 2 rings (SSSR count). The zero-order chi connectivity index (χ0) is 14.9. The zero-order valence-corrected chi connectivity index (χ0v) is 14.7. The van der Waals surface area contributed by atoms with Crippen LogP contribution in [-0.2, 0) is 10.0 Å². The topological polar surface area (TPSA) is 104 Å². The molecule has 2 aromatic rings. The second-order valence-electron chi connectivity index (χ2n) is 3.89. The Bertz CT molecular complexity index is 802. The van der Waals surface area contributed by atoms with Crippen LogP contribution in [0.3, 0.4) is 0 Å². The molecule has 0 saturated heterocycles. The Morgan fingerprint density at radius 3 is 2.71 bits per heavy atom. The monoisotopic (exact) mass is 419 g/mol. The molecule has 3 N–H and O–H groups in total. The highest BCUT2D eigenvalue weighted by Crippen LogP contribution is 2.35. The summed E-state index contributed by atoms with van der Waals surface area (Å²) < 4.78 is 31.9. The molecule has 0 spiro atoms. The molecule has 118 valence electrons. The molecule has 0 aliphatic heterocycles. The van der Waals surface area contributed by atoms with Crippen LogP contribution < -0.4 is 15.8 Å². The number of likely N-dealkylation sites (N-methyl/N-ethyl adjacent to an activating group) is 1. The number of aromatic nitrogens is 1. The molecule has 0 saturated carbocycles. The molecule has 0 atom stereocenters. The van der Waals surface area contributed by atoms with Crippen LogP contribution in [0, 0.1) is 0 Å². The summed E-state index contributed by atoms with van der Waals surface area (Å²) in [5.41, 5.74) is 0.329. The Balaban J connectivity index is 0.00000220.